The molecule has 1 aliphatic carbocycles. The zero-order chi connectivity index (χ0) is 21.7. The van der Waals surface area contributed by atoms with Gasteiger partial charge in [0.05, 0.1) is 0 Å². The van der Waals surface area contributed by atoms with E-state index in [4.69, 9.17) is 14.6 Å². The number of amides is 1. The molecule has 1 aliphatic rings. The van der Waals surface area contributed by atoms with Crippen molar-refractivity contribution in [2.45, 2.75) is 32.2 Å². The number of carbonyl (C=O) groups is 3. The minimum atomic E-state index is -1.26. The first kappa shape index (κ1) is 21.4. The highest BCUT2D eigenvalue weighted by Crippen LogP contribution is 2.44. The highest BCUT2D eigenvalue weighted by molar-refractivity contribution is 5.83. The summed E-state index contributed by atoms with van der Waals surface area (Å²) in [5.41, 5.74) is 4.42. The summed E-state index contributed by atoms with van der Waals surface area (Å²) < 4.78 is 10.2. The van der Waals surface area contributed by atoms with Crippen molar-refractivity contribution in [3.63, 3.8) is 0 Å². The molecule has 0 heterocycles. The van der Waals surface area contributed by atoms with Crippen LogP contribution < -0.4 is 5.32 Å². The average molecular weight is 411 g/mol. The van der Waals surface area contributed by atoms with Crippen LogP contribution in [0.15, 0.2) is 48.5 Å². The Morgan fingerprint density at radius 1 is 1.00 bits per heavy atom. The van der Waals surface area contributed by atoms with Crippen LogP contribution in [0.2, 0.25) is 0 Å². The van der Waals surface area contributed by atoms with Crippen LogP contribution in [0.5, 0.6) is 0 Å². The Kier molecular flexibility index (Phi) is 6.72. The van der Waals surface area contributed by atoms with Gasteiger partial charge in [-0.25, -0.2) is 14.4 Å². The van der Waals surface area contributed by atoms with E-state index in [1.807, 2.05) is 55.5 Å². The molecule has 158 valence electrons. The summed E-state index contributed by atoms with van der Waals surface area (Å²) in [5, 5.41) is 11.2. The summed E-state index contributed by atoms with van der Waals surface area (Å²) in [6, 6.07) is 15.0. The minimum Gasteiger partial charge on any atom is -0.479 e. The molecule has 0 fully saturated rings. The third-order valence-electron chi connectivity index (χ3n) is 5.42. The molecule has 2 aromatic rings. The fourth-order valence-corrected chi connectivity index (χ4v) is 3.66. The van der Waals surface area contributed by atoms with Crippen molar-refractivity contribution in [2.75, 3.05) is 13.2 Å². The molecule has 0 bridgehead atoms. The van der Waals surface area contributed by atoms with Gasteiger partial charge in [0.25, 0.3) is 0 Å². The number of hydrogen-bond donors (Lipinski definition) is 2. The van der Waals surface area contributed by atoms with Gasteiger partial charge in [-0.1, -0.05) is 68.8 Å². The number of carboxylic acid groups (broad SMARTS) is 1. The Balaban J connectivity index is 1.67. The van der Waals surface area contributed by atoms with Crippen LogP contribution in [0, 0.1) is 5.92 Å². The van der Waals surface area contributed by atoms with Crippen molar-refractivity contribution < 1.29 is 29.0 Å². The maximum atomic E-state index is 12.4. The molecule has 0 spiro atoms. The topological polar surface area (TPSA) is 102 Å². The number of esters is 1. The lowest BCUT2D eigenvalue weighted by molar-refractivity contribution is -0.157. The van der Waals surface area contributed by atoms with E-state index in [9.17, 15) is 14.4 Å². The highest BCUT2D eigenvalue weighted by Gasteiger charge is 2.31. The molecule has 0 aliphatic heterocycles. The number of carbonyl (C=O) groups excluding carboxylic acids is 2. The molecule has 0 saturated heterocycles. The van der Waals surface area contributed by atoms with Crippen LogP contribution in [0.25, 0.3) is 11.1 Å². The van der Waals surface area contributed by atoms with Crippen LogP contribution in [0.3, 0.4) is 0 Å². The van der Waals surface area contributed by atoms with E-state index in [-0.39, 0.29) is 18.4 Å². The molecule has 0 aromatic heterocycles. The number of benzene rings is 2. The van der Waals surface area contributed by atoms with Gasteiger partial charge in [0.1, 0.15) is 12.6 Å². The van der Waals surface area contributed by atoms with Gasteiger partial charge in [-0.05, 0) is 28.2 Å². The smallest absolute Gasteiger partial charge is 0.407 e. The Bertz CT molecular complexity index is 895. The Morgan fingerprint density at radius 2 is 1.57 bits per heavy atom. The van der Waals surface area contributed by atoms with Gasteiger partial charge in [0, 0.05) is 5.92 Å². The van der Waals surface area contributed by atoms with Crippen molar-refractivity contribution >= 4 is 18.0 Å². The van der Waals surface area contributed by atoms with Gasteiger partial charge in [-0.2, -0.15) is 0 Å². The molecule has 2 N–H and O–H groups in total. The molecule has 0 unspecified atom stereocenters. The SMILES string of the molecule is CC[C@H](C)[C@H](NC(=O)OCC1c2ccccc2-c2ccccc21)C(=O)OCC(=O)O. The molecule has 0 radical (unpaired) electrons. The molecule has 7 nitrogen and oxygen atoms in total. The number of alkyl carbamates (subject to hydrolysis) is 1. The third kappa shape index (κ3) is 4.62. The standard InChI is InChI=1S/C23H25NO6/c1-3-14(2)21(22(27)29-13-20(25)26)24-23(28)30-12-19-17-10-6-4-8-15(17)16-9-5-7-11-18(16)19/h4-11,14,19,21H,3,12-13H2,1-2H3,(H,24,28)(H,25,26)/t14-,21-/m0/s1. The molecule has 7 heteroatoms. The minimum absolute atomic E-state index is 0.0934. The number of aliphatic carboxylic acids is 1. The molecule has 3 rings (SSSR count). The molecule has 2 aromatic carbocycles. The van der Waals surface area contributed by atoms with Crippen LogP contribution >= 0.6 is 0 Å². The average Bonchev–Trinajstić information content (AvgIpc) is 3.07. The Morgan fingerprint density at radius 3 is 2.10 bits per heavy atom. The number of rotatable bonds is 8. The Hall–Kier alpha value is -3.35. The first-order chi connectivity index (χ1) is 14.4. The van der Waals surface area contributed by atoms with Crippen molar-refractivity contribution in [1.29, 1.82) is 0 Å². The van der Waals surface area contributed by atoms with Crippen molar-refractivity contribution in [1.82, 2.24) is 5.32 Å². The highest BCUT2D eigenvalue weighted by atomic mass is 16.6. The van der Waals surface area contributed by atoms with E-state index < -0.39 is 30.7 Å². The summed E-state index contributed by atoms with van der Waals surface area (Å²) in [6.45, 7) is 3.01. The largest absolute Gasteiger partial charge is 0.479 e. The maximum Gasteiger partial charge on any atom is 0.407 e. The summed E-state index contributed by atoms with van der Waals surface area (Å²) >= 11 is 0. The number of carboxylic acids is 1. The normalized spacial score (nSPS) is 14.2. The van der Waals surface area contributed by atoms with E-state index in [0.717, 1.165) is 22.3 Å². The number of hydrogen-bond acceptors (Lipinski definition) is 5. The lowest BCUT2D eigenvalue weighted by Gasteiger charge is -2.22. The van der Waals surface area contributed by atoms with Gasteiger partial charge in [0.15, 0.2) is 6.61 Å². The number of nitrogens with one attached hydrogen (secondary N) is 1. The quantitative estimate of drug-likeness (QED) is 0.644. The maximum absolute atomic E-state index is 12.4. The molecule has 0 saturated carbocycles. The first-order valence-electron chi connectivity index (χ1n) is 9.92. The van der Waals surface area contributed by atoms with Gasteiger partial charge < -0.3 is 19.9 Å². The fourth-order valence-electron chi connectivity index (χ4n) is 3.66. The zero-order valence-corrected chi connectivity index (χ0v) is 17.0. The van der Waals surface area contributed by atoms with E-state index in [1.54, 1.807) is 6.92 Å². The van der Waals surface area contributed by atoms with Crippen LogP contribution in [-0.4, -0.2) is 42.4 Å². The van der Waals surface area contributed by atoms with E-state index in [2.05, 4.69) is 5.32 Å². The van der Waals surface area contributed by atoms with E-state index in [0.29, 0.717) is 6.42 Å². The predicted molar refractivity (Wildman–Crippen MR) is 110 cm³/mol. The van der Waals surface area contributed by atoms with Gasteiger partial charge >= 0.3 is 18.0 Å². The number of fused-ring (bicyclic) bond motifs is 3. The van der Waals surface area contributed by atoms with Gasteiger partial charge in [-0.15, -0.1) is 0 Å². The van der Waals surface area contributed by atoms with Crippen LogP contribution in [0.1, 0.15) is 37.3 Å². The summed E-state index contributed by atoms with van der Waals surface area (Å²) in [5.74, 6) is -2.39. The van der Waals surface area contributed by atoms with E-state index >= 15 is 0 Å². The van der Waals surface area contributed by atoms with Gasteiger partial charge in [-0.3, -0.25) is 0 Å². The summed E-state index contributed by atoms with van der Waals surface area (Å²) in [6.07, 6.45) is -0.148. The van der Waals surface area contributed by atoms with E-state index in [1.165, 1.54) is 0 Å². The molecule has 1 amide bonds. The lowest BCUT2D eigenvalue weighted by atomic mass is 9.98. The monoisotopic (exact) mass is 411 g/mol. The van der Waals surface area contributed by atoms with Crippen LogP contribution in [0.4, 0.5) is 4.79 Å². The molecule has 2 atom stereocenters. The lowest BCUT2D eigenvalue weighted by Crippen LogP contribution is -2.46. The second-order valence-electron chi connectivity index (χ2n) is 7.33. The molecular formula is C23H25NO6. The second-order valence-corrected chi connectivity index (χ2v) is 7.33. The zero-order valence-electron chi connectivity index (χ0n) is 17.0. The third-order valence-corrected chi connectivity index (χ3v) is 5.42. The van der Waals surface area contributed by atoms with Crippen molar-refractivity contribution in [3.05, 3.63) is 59.7 Å². The van der Waals surface area contributed by atoms with Crippen molar-refractivity contribution in [2.24, 2.45) is 5.92 Å². The summed E-state index contributed by atoms with van der Waals surface area (Å²) in [7, 11) is 0. The predicted octanol–water partition coefficient (Wildman–Crippen LogP) is 3.57. The van der Waals surface area contributed by atoms with Crippen molar-refractivity contribution in [3.8, 4) is 11.1 Å². The number of ether oxygens (including phenoxy) is 2. The second kappa shape index (κ2) is 9.43. The van der Waals surface area contributed by atoms with Gasteiger partial charge in [0.2, 0.25) is 0 Å². The van der Waals surface area contributed by atoms with Crippen LogP contribution in [-0.2, 0) is 19.1 Å². The molecular weight excluding hydrogens is 386 g/mol. The molecule has 30 heavy (non-hydrogen) atoms. The Labute approximate surface area is 175 Å². The first-order valence-corrected chi connectivity index (χ1v) is 9.92. The fraction of sp³-hybridized carbons (Fsp3) is 0.348. The summed E-state index contributed by atoms with van der Waals surface area (Å²) in [4.78, 5) is 35.3.